The van der Waals surface area contributed by atoms with Gasteiger partial charge in [-0.1, -0.05) is 18.2 Å². The average Bonchev–Trinajstić information content (AvgIpc) is 2.97. The number of ether oxygens (including phenoxy) is 1. The van der Waals surface area contributed by atoms with Gasteiger partial charge in [0.05, 0.1) is 16.8 Å². The van der Waals surface area contributed by atoms with E-state index in [0.717, 1.165) is 26.5 Å². The second-order valence-corrected chi connectivity index (χ2v) is 6.98. The largest absolute Gasteiger partial charge is 0.484 e. The van der Waals surface area contributed by atoms with E-state index in [1.165, 1.54) is 5.56 Å². The monoisotopic (exact) mass is 340 g/mol. The maximum Gasteiger partial charge on any atom is 0.260 e. The summed E-state index contributed by atoms with van der Waals surface area (Å²) in [6.45, 7) is 4.61. The summed E-state index contributed by atoms with van der Waals surface area (Å²) >= 11 is 1.62. The van der Waals surface area contributed by atoms with Gasteiger partial charge in [-0.3, -0.25) is 4.79 Å². The predicted octanol–water partition coefficient (Wildman–Crippen LogP) is 3.95. The van der Waals surface area contributed by atoms with E-state index in [0.29, 0.717) is 6.54 Å². The van der Waals surface area contributed by atoms with Crippen LogP contribution < -0.4 is 4.74 Å². The number of benzene rings is 2. The summed E-state index contributed by atoms with van der Waals surface area (Å²) in [5.74, 6) is 0.660. The third-order valence-corrected chi connectivity index (χ3v) is 5.00. The summed E-state index contributed by atoms with van der Waals surface area (Å²) in [5, 5.41) is 0.929. The highest BCUT2D eigenvalue weighted by molar-refractivity contribution is 7.18. The molecule has 0 bridgehead atoms. The van der Waals surface area contributed by atoms with E-state index in [-0.39, 0.29) is 12.5 Å². The molecule has 0 aliphatic heterocycles. The lowest BCUT2D eigenvalue weighted by molar-refractivity contribution is -0.132. The Morgan fingerprint density at radius 2 is 1.96 bits per heavy atom. The van der Waals surface area contributed by atoms with Gasteiger partial charge >= 0.3 is 0 Å². The molecule has 5 heteroatoms. The Kier molecular flexibility index (Phi) is 4.81. The lowest BCUT2D eigenvalue weighted by Crippen LogP contribution is -2.30. The number of carbonyl (C=O) groups is 1. The van der Waals surface area contributed by atoms with Crippen LogP contribution in [0.2, 0.25) is 0 Å². The standard InChI is InChI=1S/C19H20N2O2S/c1-13-8-9-15(10-14(13)2)23-12-19(22)21(3)11-18-20-16-6-4-5-7-17(16)24-18/h4-10H,11-12H2,1-3H3. The van der Waals surface area contributed by atoms with Crippen molar-refractivity contribution in [1.29, 1.82) is 0 Å². The Morgan fingerprint density at radius 1 is 1.17 bits per heavy atom. The Hall–Kier alpha value is -2.40. The van der Waals surface area contributed by atoms with E-state index < -0.39 is 0 Å². The van der Waals surface area contributed by atoms with Crippen LogP contribution in [0, 0.1) is 13.8 Å². The van der Waals surface area contributed by atoms with Crippen molar-refractivity contribution in [1.82, 2.24) is 9.88 Å². The Morgan fingerprint density at radius 3 is 2.71 bits per heavy atom. The fourth-order valence-corrected chi connectivity index (χ4v) is 3.36. The lowest BCUT2D eigenvalue weighted by Gasteiger charge is -2.16. The third-order valence-electron chi connectivity index (χ3n) is 3.98. The SMILES string of the molecule is Cc1ccc(OCC(=O)N(C)Cc2nc3ccccc3s2)cc1C. The van der Waals surface area contributed by atoms with Gasteiger partial charge in [0, 0.05) is 7.05 Å². The third kappa shape index (κ3) is 3.74. The van der Waals surface area contributed by atoms with Gasteiger partial charge in [-0.15, -0.1) is 11.3 Å². The molecule has 2 aromatic carbocycles. The minimum Gasteiger partial charge on any atom is -0.484 e. The van der Waals surface area contributed by atoms with Crippen molar-refractivity contribution < 1.29 is 9.53 Å². The first-order valence-corrected chi connectivity index (χ1v) is 8.63. The molecule has 1 aromatic heterocycles. The maximum absolute atomic E-state index is 12.3. The van der Waals surface area contributed by atoms with Crippen LogP contribution in [0.4, 0.5) is 0 Å². The van der Waals surface area contributed by atoms with Crippen LogP contribution in [0.5, 0.6) is 5.75 Å². The molecule has 0 radical (unpaired) electrons. The van der Waals surface area contributed by atoms with Crippen LogP contribution in [-0.2, 0) is 11.3 Å². The Bertz CT molecular complexity index is 840. The van der Waals surface area contributed by atoms with E-state index in [4.69, 9.17) is 4.74 Å². The molecule has 4 nitrogen and oxygen atoms in total. The molecule has 0 aliphatic rings. The molecule has 3 rings (SSSR count). The number of aryl methyl sites for hydroxylation is 2. The number of nitrogens with zero attached hydrogens (tertiary/aromatic N) is 2. The van der Waals surface area contributed by atoms with Gasteiger partial charge in [0.1, 0.15) is 10.8 Å². The molecule has 0 saturated carbocycles. The minimum atomic E-state index is -0.0625. The zero-order chi connectivity index (χ0) is 17.1. The van der Waals surface area contributed by atoms with E-state index in [9.17, 15) is 4.79 Å². The number of fused-ring (bicyclic) bond motifs is 1. The van der Waals surface area contributed by atoms with Gasteiger partial charge in [-0.25, -0.2) is 4.98 Å². The van der Waals surface area contributed by atoms with Gasteiger partial charge in [-0.2, -0.15) is 0 Å². The quantitative estimate of drug-likeness (QED) is 0.706. The number of rotatable bonds is 5. The molecule has 0 aliphatic carbocycles. The summed E-state index contributed by atoms with van der Waals surface area (Å²) < 4.78 is 6.75. The zero-order valence-corrected chi connectivity index (χ0v) is 14.9. The van der Waals surface area contributed by atoms with Crippen molar-refractivity contribution in [2.24, 2.45) is 0 Å². The van der Waals surface area contributed by atoms with Crippen molar-refractivity contribution in [2.75, 3.05) is 13.7 Å². The highest BCUT2D eigenvalue weighted by Gasteiger charge is 2.13. The molecule has 0 unspecified atom stereocenters. The fraction of sp³-hybridized carbons (Fsp3) is 0.263. The summed E-state index contributed by atoms with van der Waals surface area (Å²) in [6, 6.07) is 13.8. The zero-order valence-electron chi connectivity index (χ0n) is 14.1. The van der Waals surface area contributed by atoms with Gasteiger partial charge in [-0.05, 0) is 49.2 Å². The number of hydrogen-bond donors (Lipinski definition) is 0. The Labute approximate surface area is 145 Å². The smallest absolute Gasteiger partial charge is 0.260 e. The fourth-order valence-electron chi connectivity index (χ4n) is 2.34. The van der Waals surface area contributed by atoms with Crippen LogP contribution in [0.3, 0.4) is 0 Å². The highest BCUT2D eigenvalue weighted by Crippen LogP contribution is 2.22. The number of carbonyl (C=O) groups excluding carboxylic acids is 1. The number of para-hydroxylation sites is 1. The van der Waals surface area contributed by atoms with Crippen molar-refractivity contribution in [3.05, 3.63) is 58.6 Å². The van der Waals surface area contributed by atoms with Crippen LogP contribution >= 0.6 is 11.3 Å². The van der Waals surface area contributed by atoms with Crippen LogP contribution in [-0.4, -0.2) is 29.4 Å². The molecule has 1 amide bonds. The lowest BCUT2D eigenvalue weighted by atomic mass is 10.1. The first kappa shape index (κ1) is 16.5. The molecule has 0 spiro atoms. The van der Waals surface area contributed by atoms with Gasteiger partial charge < -0.3 is 9.64 Å². The molecule has 0 fully saturated rings. The summed E-state index contributed by atoms with van der Waals surface area (Å²) in [5.41, 5.74) is 3.34. The number of hydrogen-bond acceptors (Lipinski definition) is 4. The number of aromatic nitrogens is 1. The maximum atomic E-state index is 12.3. The normalized spacial score (nSPS) is 10.8. The van der Waals surface area contributed by atoms with Gasteiger partial charge in [0.25, 0.3) is 5.91 Å². The van der Waals surface area contributed by atoms with Crippen LogP contribution in [0.1, 0.15) is 16.1 Å². The molecular formula is C19H20N2O2S. The van der Waals surface area contributed by atoms with Gasteiger partial charge in [0.15, 0.2) is 6.61 Å². The second kappa shape index (κ2) is 7.01. The first-order valence-electron chi connectivity index (χ1n) is 7.81. The second-order valence-electron chi connectivity index (χ2n) is 5.86. The van der Waals surface area contributed by atoms with Crippen molar-refractivity contribution in [3.8, 4) is 5.75 Å². The molecule has 0 N–H and O–H groups in total. The van der Waals surface area contributed by atoms with Crippen molar-refractivity contribution in [2.45, 2.75) is 20.4 Å². The molecule has 0 saturated heterocycles. The topological polar surface area (TPSA) is 42.4 Å². The molecule has 24 heavy (non-hydrogen) atoms. The highest BCUT2D eigenvalue weighted by atomic mass is 32.1. The van der Waals surface area contributed by atoms with E-state index in [1.807, 2.05) is 49.4 Å². The summed E-state index contributed by atoms with van der Waals surface area (Å²) in [6.07, 6.45) is 0. The van der Waals surface area contributed by atoms with E-state index in [1.54, 1.807) is 23.3 Å². The minimum absolute atomic E-state index is 0.0316. The van der Waals surface area contributed by atoms with Crippen molar-refractivity contribution in [3.63, 3.8) is 0 Å². The predicted molar refractivity (Wildman–Crippen MR) is 97.5 cm³/mol. The molecule has 124 valence electrons. The summed E-state index contributed by atoms with van der Waals surface area (Å²) in [7, 11) is 1.78. The average molecular weight is 340 g/mol. The number of likely N-dealkylation sites (N-methyl/N-ethyl adjacent to an activating group) is 1. The molecule has 0 atom stereocenters. The molecular weight excluding hydrogens is 320 g/mol. The molecule has 1 heterocycles. The van der Waals surface area contributed by atoms with E-state index >= 15 is 0 Å². The van der Waals surface area contributed by atoms with Gasteiger partial charge in [0.2, 0.25) is 0 Å². The number of thiazole rings is 1. The Balaban J connectivity index is 1.58. The van der Waals surface area contributed by atoms with Crippen molar-refractivity contribution >= 4 is 27.5 Å². The van der Waals surface area contributed by atoms with Crippen LogP contribution in [0.25, 0.3) is 10.2 Å². The molecule has 3 aromatic rings. The summed E-state index contributed by atoms with van der Waals surface area (Å²) in [4.78, 5) is 18.5. The number of amides is 1. The van der Waals surface area contributed by atoms with E-state index in [2.05, 4.69) is 11.9 Å². The first-order chi connectivity index (χ1) is 11.5. The van der Waals surface area contributed by atoms with Crippen LogP contribution in [0.15, 0.2) is 42.5 Å².